The number of carboxylic acids is 1. The average molecular weight is 206 g/mol. The molecule has 2 rings (SSSR count). The minimum absolute atomic E-state index is 0.431. The number of carbonyl (C=O) groups is 1. The lowest BCUT2D eigenvalue weighted by atomic mass is 10.1. The molecule has 2 N–H and O–H groups in total. The van der Waals surface area contributed by atoms with Gasteiger partial charge < -0.3 is 10.1 Å². The average Bonchev–Trinajstić information content (AvgIpc) is 2.61. The molecule has 0 saturated carbocycles. The molecule has 1 atom stereocenters. The van der Waals surface area contributed by atoms with E-state index in [0.717, 1.165) is 0 Å². The Hall–Kier alpha value is -1.98. The minimum Gasteiger partial charge on any atom is -0.481 e. The lowest BCUT2D eigenvalue weighted by Gasteiger charge is -2.04. The highest BCUT2D eigenvalue weighted by atomic mass is 16.4. The summed E-state index contributed by atoms with van der Waals surface area (Å²) in [4.78, 5) is 17.9. The molecule has 0 radical (unpaired) electrons. The predicted molar refractivity (Wildman–Crippen MR) is 52.4 cm³/mol. The van der Waals surface area contributed by atoms with Gasteiger partial charge in [-0.05, 0) is 12.5 Å². The van der Waals surface area contributed by atoms with Crippen molar-refractivity contribution in [1.82, 2.24) is 20.2 Å². The van der Waals surface area contributed by atoms with Crippen LogP contribution in [0.1, 0.15) is 25.1 Å². The van der Waals surface area contributed by atoms with Gasteiger partial charge in [-0.15, -0.1) is 5.10 Å². The largest absolute Gasteiger partial charge is 0.481 e. The van der Waals surface area contributed by atoms with Crippen LogP contribution in [0.2, 0.25) is 0 Å². The Morgan fingerprint density at radius 3 is 3.07 bits per heavy atom. The van der Waals surface area contributed by atoms with E-state index in [0.29, 0.717) is 23.4 Å². The number of rotatable bonds is 3. The number of fused-ring (bicyclic) bond motifs is 1. The molecule has 6 nitrogen and oxygen atoms in total. The Labute approximate surface area is 85.4 Å². The Bertz CT molecular complexity index is 461. The van der Waals surface area contributed by atoms with Gasteiger partial charge in [0.1, 0.15) is 11.7 Å². The van der Waals surface area contributed by atoms with E-state index in [1.165, 1.54) is 6.20 Å². The molecule has 0 aliphatic heterocycles. The van der Waals surface area contributed by atoms with Crippen LogP contribution in [0.4, 0.5) is 0 Å². The molecule has 0 bridgehead atoms. The van der Waals surface area contributed by atoms with Crippen molar-refractivity contribution in [2.45, 2.75) is 19.3 Å². The van der Waals surface area contributed by atoms with Crippen LogP contribution in [0.5, 0.6) is 0 Å². The smallest absolute Gasteiger partial charge is 0.314 e. The quantitative estimate of drug-likeness (QED) is 0.779. The van der Waals surface area contributed by atoms with E-state index in [2.05, 4.69) is 20.2 Å². The first-order chi connectivity index (χ1) is 7.22. The van der Waals surface area contributed by atoms with Crippen molar-refractivity contribution < 1.29 is 9.90 Å². The number of aliphatic carboxylic acids is 1. The van der Waals surface area contributed by atoms with Crippen LogP contribution in [-0.4, -0.2) is 31.2 Å². The molecule has 15 heavy (non-hydrogen) atoms. The predicted octanol–water partition coefficient (Wildman–Crippen LogP) is 0.931. The van der Waals surface area contributed by atoms with Crippen LogP contribution in [0, 0.1) is 0 Å². The standard InChI is InChI=1S/C9H10N4O2/c1-2-5(9(14)15)7-11-6-3-4-10-13-8(6)12-7/h3-5H,2H2,1H3,(H,14,15)(H,11,12,13). The van der Waals surface area contributed by atoms with E-state index < -0.39 is 11.9 Å². The second kappa shape index (κ2) is 3.64. The normalized spacial score (nSPS) is 12.9. The number of aromatic amines is 1. The first kappa shape index (κ1) is 9.57. The summed E-state index contributed by atoms with van der Waals surface area (Å²) in [6.07, 6.45) is 2.02. The molecule has 78 valence electrons. The molecule has 6 heteroatoms. The van der Waals surface area contributed by atoms with Crippen molar-refractivity contribution in [3.8, 4) is 0 Å². The maximum Gasteiger partial charge on any atom is 0.314 e. The van der Waals surface area contributed by atoms with Gasteiger partial charge in [-0.25, -0.2) is 4.98 Å². The summed E-state index contributed by atoms with van der Waals surface area (Å²) >= 11 is 0. The first-order valence-electron chi connectivity index (χ1n) is 4.62. The second-order valence-corrected chi connectivity index (χ2v) is 3.19. The van der Waals surface area contributed by atoms with Crippen molar-refractivity contribution in [3.63, 3.8) is 0 Å². The number of hydrogen-bond donors (Lipinski definition) is 2. The van der Waals surface area contributed by atoms with Gasteiger partial charge in [0.25, 0.3) is 0 Å². The van der Waals surface area contributed by atoms with Crippen molar-refractivity contribution in [2.24, 2.45) is 0 Å². The zero-order valence-electron chi connectivity index (χ0n) is 8.14. The lowest BCUT2D eigenvalue weighted by molar-refractivity contribution is -0.139. The summed E-state index contributed by atoms with van der Waals surface area (Å²) in [7, 11) is 0. The molecule has 0 aliphatic rings. The maximum absolute atomic E-state index is 10.9. The minimum atomic E-state index is -0.885. The van der Waals surface area contributed by atoms with Crippen molar-refractivity contribution in [1.29, 1.82) is 0 Å². The van der Waals surface area contributed by atoms with Crippen LogP contribution in [0.15, 0.2) is 12.3 Å². The third-order valence-electron chi connectivity index (χ3n) is 2.23. The Morgan fingerprint density at radius 2 is 2.47 bits per heavy atom. The van der Waals surface area contributed by atoms with Crippen LogP contribution in [0.3, 0.4) is 0 Å². The molecular formula is C9H10N4O2. The molecule has 0 saturated heterocycles. The Kier molecular flexibility index (Phi) is 2.32. The van der Waals surface area contributed by atoms with Crippen LogP contribution < -0.4 is 0 Å². The maximum atomic E-state index is 10.9. The number of aromatic nitrogens is 4. The monoisotopic (exact) mass is 206 g/mol. The summed E-state index contributed by atoms with van der Waals surface area (Å²) < 4.78 is 0. The molecule has 2 aromatic heterocycles. The molecule has 0 aromatic carbocycles. The van der Waals surface area contributed by atoms with Crippen LogP contribution >= 0.6 is 0 Å². The summed E-state index contributed by atoms with van der Waals surface area (Å²) in [5, 5.41) is 16.4. The second-order valence-electron chi connectivity index (χ2n) is 3.19. The van der Waals surface area contributed by atoms with Gasteiger partial charge in [0.05, 0.1) is 11.7 Å². The van der Waals surface area contributed by atoms with E-state index in [-0.39, 0.29) is 0 Å². The molecule has 0 amide bonds. The summed E-state index contributed by atoms with van der Waals surface area (Å²) in [6.45, 7) is 1.80. The molecule has 2 heterocycles. The topological polar surface area (TPSA) is 91.8 Å². The fourth-order valence-electron chi connectivity index (χ4n) is 1.43. The highest BCUT2D eigenvalue weighted by Crippen LogP contribution is 2.18. The van der Waals surface area contributed by atoms with Gasteiger partial charge in [-0.3, -0.25) is 4.79 Å². The van der Waals surface area contributed by atoms with E-state index in [1.807, 2.05) is 0 Å². The molecular weight excluding hydrogens is 196 g/mol. The third-order valence-corrected chi connectivity index (χ3v) is 2.23. The summed E-state index contributed by atoms with van der Waals surface area (Å²) in [6, 6.07) is 1.72. The fourth-order valence-corrected chi connectivity index (χ4v) is 1.43. The molecule has 2 aromatic rings. The first-order valence-corrected chi connectivity index (χ1v) is 4.62. The third kappa shape index (κ3) is 1.65. The van der Waals surface area contributed by atoms with E-state index >= 15 is 0 Å². The lowest BCUT2D eigenvalue weighted by Crippen LogP contribution is -2.11. The summed E-state index contributed by atoms with van der Waals surface area (Å²) in [5.74, 6) is -1.07. The number of nitrogens with one attached hydrogen (secondary N) is 1. The zero-order chi connectivity index (χ0) is 10.8. The SMILES string of the molecule is CCC(C(=O)O)c1nc2nnccc2[nH]1. The van der Waals surface area contributed by atoms with Gasteiger partial charge in [-0.2, -0.15) is 5.10 Å². The van der Waals surface area contributed by atoms with Gasteiger partial charge in [-0.1, -0.05) is 6.92 Å². The van der Waals surface area contributed by atoms with Crippen molar-refractivity contribution >= 4 is 17.1 Å². The van der Waals surface area contributed by atoms with Crippen LogP contribution in [-0.2, 0) is 4.79 Å². The number of nitrogens with zero attached hydrogens (tertiary/aromatic N) is 3. The fraction of sp³-hybridized carbons (Fsp3) is 0.333. The molecule has 0 aliphatic carbocycles. The van der Waals surface area contributed by atoms with Gasteiger partial charge in [0.2, 0.25) is 0 Å². The number of hydrogen-bond acceptors (Lipinski definition) is 4. The van der Waals surface area contributed by atoms with Crippen LogP contribution in [0.25, 0.3) is 11.2 Å². The number of H-pyrrole nitrogens is 1. The van der Waals surface area contributed by atoms with Crippen molar-refractivity contribution in [3.05, 3.63) is 18.1 Å². The van der Waals surface area contributed by atoms with Gasteiger partial charge in [0.15, 0.2) is 5.65 Å². The Balaban J connectivity index is 2.47. The Morgan fingerprint density at radius 1 is 1.67 bits per heavy atom. The summed E-state index contributed by atoms with van der Waals surface area (Å²) in [5.41, 5.74) is 1.16. The van der Waals surface area contributed by atoms with Crippen molar-refractivity contribution in [2.75, 3.05) is 0 Å². The highest BCUT2D eigenvalue weighted by Gasteiger charge is 2.21. The van der Waals surface area contributed by atoms with E-state index in [4.69, 9.17) is 5.11 Å². The molecule has 0 spiro atoms. The molecule has 0 fully saturated rings. The number of carboxylic acid groups (broad SMARTS) is 1. The van der Waals surface area contributed by atoms with E-state index in [1.54, 1.807) is 13.0 Å². The van der Waals surface area contributed by atoms with Gasteiger partial charge >= 0.3 is 5.97 Å². The molecule has 1 unspecified atom stereocenters. The zero-order valence-corrected chi connectivity index (χ0v) is 8.14. The van der Waals surface area contributed by atoms with Gasteiger partial charge in [0, 0.05) is 0 Å². The van der Waals surface area contributed by atoms with E-state index in [9.17, 15) is 4.79 Å². The number of imidazole rings is 1. The highest BCUT2D eigenvalue weighted by molar-refractivity contribution is 5.77.